The Kier molecular flexibility index (Phi) is 8.57. The molecule has 0 saturated heterocycles. The van der Waals surface area contributed by atoms with Gasteiger partial charge in [-0.2, -0.15) is 0 Å². The number of aliphatic hydroxyl groups excluding tert-OH is 3. The molecule has 0 amide bonds. The second-order valence-electron chi connectivity index (χ2n) is 5.47. The second kappa shape index (κ2) is 9.66. The van der Waals surface area contributed by atoms with E-state index in [-0.39, 0.29) is 19.3 Å². The van der Waals surface area contributed by atoms with Crippen LogP contribution in [-0.4, -0.2) is 59.9 Å². The lowest BCUT2D eigenvalue weighted by molar-refractivity contribution is -0.0503. The predicted octanol–water partition coefficient (Wildman–Crippen LogP) is 0.275. The third kappa shape index (κ3) is 6.68. The minimum atomic E-state index is -0.768. The Hall–Kier alpha value is -0.200. The van der Waals surface area contributed by atoms with Gasteiger partial charge in [-0.25, -0.2) is 0 Å². The van der Waals surface area contributed by atoms with Gasteiger partial charge in [0.15, 0.2) is 0 Å². The molecule has 1 fully saturated rings. The standard InChI is InChI=1S/C14H29NO4/c1-2-11-5-3-4-6-14(11)19-10-13(18)8-15-7-12(17)9-16/h11-18H,2-10H2,1H3. The summed E-state index contributed by atoms with van der Waals surface area (Å²) in [6.07, 6.45) is 4.94. The summed E-state index contributed by atoms with van der Waals surface area (Å²) in [6.45, 7) is 2.93. The monoisotopic (exact) mass is 275 g/mol. The van der Waals surface area contributed by atoms with E-state index < -0.39 is 12.2 Å². The quantitative estimate of drug-likeness (QED) is 0.486. The average molecular weight is 275 g/mol. The first-order valence-corrected chi connectivity index (χ1v) is 7.46. The van der Waals surface area contributed by atoms with Crippen LogP contribution in [0.15, 0.2) is 0 Å². The van der Waals surface area contributed by atoms with E-state index in [4.69, 9.17) is 14.9 Å². The first kappa shape index (κ1) is 16.9. The number of ether oxygens (including phenoxy) is 1. The fourth-order valence-corrected chi connectivity index (χ4v) is 2.63. The number of rotatable bonds is 9. The molecule has 5 nitrogen and oxygen atoms in total. The highest BCUT2D eigenvalue weighted by Gasteiger charge is 2.24. The molecule has 1 saturated carbocycles. The Balaban J connectivity index is 2.12. The van der Waals surface area contributed by atoms with E-state index in [1.54, 1.807) is 0 Å². The van der Waals surface area contributed by atoms with Crippen LogP contribution >= 0.6 is 0 Å². The maximum Gasteiger partial charge on any atom is 0.0897 e. The van der Waals surface area contributed by atoms with Crippen molar-refractivity contribution in [1.29, 1.82) is 0 Å². The van der Waals surface area contributed by atoms with Gasteiger partial charge in [0, 0.05) is 13.1 Å². The molecule has 1 aliphatic rings. The fourth-order valence-electron chi connectivity index (χ4n) is 2.63. The topological polar surface area (TPSA) is 82.0 Å². The number of hydrogen-bond acceptors (Lipinski definition) is 5. The molecule has 4 atom stereocenters. The van der Waals surface area contributed by atoms with Gasteiger partial charge in [-0.15, -0.1) is 0 Å². The van der Waals surface area contributed by atoms with Gasteiger partial charge in [-0.1, -0.05) is 26.2 Å². The van der Waals surface area contributed by atoms with Gasteiger partial charge in [-0.05, 0) is 18.8 Å². The molecular formula is C14H29NO4. The molecule has 0 heterocycles. The molecule has 0 spiro atoms. The summed E-state index contributed by atoms with van der Waals surface area (Å²) in [7, 11) is 0. The molecule has 0 aromatic heterocycles. The SMILES string of the molecule is CCC1CCCCC1OCC(O)CNCC(O)CO. The van der Waals surface area contributed by atoms with Crippen molar-refractivity contribution in [2.24, 2.45) is 5.92 Å². The first-order chi connectivity index (χ1) is 9.17. The maximum absolute atomic E-state index is 9.79. The lowest BCUT2D eigenvalue weighted by Gasteiger charge is -2.31. The van der Waals surface area contributed by atoms with Gasteiger partial charge in [0.2, 0.25) is 0 Å². The van der Waals surface area contributed by atoms with Gasteiger partial charge < -0.3 is 25.4 Å². The van der Waals surface area contributed by atoms with Gasteiger partial charge in [0.05, 0.1) is 31.5 Å². The second-order valence-corrected chi connectivity index (χ2v) is 5.47. The summed E-state index contributed by atoms with van der Waals surface area (Å²) < 4.78 is 5.83. The van der Waals surface area contributed by atoms with Crippen LogP contribution in [0.25, 0.3) is 0 Å². The molecule has 0 bridgehead atoms. The Labute approximate surface area is 116 Å². The molecule has 0 radical (unpaired) electrons. The minimum absolute atomic E-state index is 0.264. The molecule has 0 aliphatic heterocycles. The van der Waals surface area contributed by atoms with Crippen LogP contribution in [0.4, 0.5) is 0 Å². The van der Waals surface area contributed by atoms with Crippen LogP contribution in [0.2, 0.25) is 0 Å². The Bertz CT molecular complexity index is 227. The van der Waals surface area contributed by atoms with Gasteiger partial charge >= 0.3 is 0 Å². The van der Waals surface area contributed by atoms with Crippen LogP contribution < -0.4 is 5.32 Å². The summed E-state index contributed by atoms with van der Waals surface area (Å²) in [5.41, 5.74) is 0. The van der Waals surface area contributed by atoms with Gasteiger partial charge in [-0.3, -0.25) is 0 Å². The molecule has 0 aromatic carbocycles. The van der Waals surface area contributed by atoms with Crippen molar-refractivity contribution >= 4 is 0 Å². The molecule has 0 aromatic rings. The zero-order chi connectivity index (χ0) is 14.1. The van der Waals surface area contributed by atoms with E-state index in [2.05, 4.69) is 12.2 Å². The molecule has 4 N–H and O–H groups in total. The highest BCUT2D eigenvalue weighted by Crippen LogP contribution is 2.29. The van der Waals surface area contributed by atoms with Crippen molar-refractivity contribution in [2.45, 2.75) is 57.3 Å². The average Bonchev–Trinajstić information content (AvgIpc) is 2.45. The van der Waals surface area contributed by atoms with Gasteiger partial charge in [0.25, 0.3) is 0 Å². The van der Waals surface area contributed by atoms with Crippen molar-refractivity contribution in [2.75, 3.05) is 26.3 Å². The van der Waals surface area contributed by atoms with Gasteiger partial charge in [0.1, 0.15) is 0 Å². The first-order valence-electron chi connectivity index (χ1n) is 7.46. The predicted molar refractivity (Wildman–Crippen MR) is 74.0 cm³/mol. The van der Waals surface area contributed by atoms with E-state index in [1.807, 2.05) is 0 Å². The van der Waals surface area contributed by atoms with Crippen molar-refractivity contribution in [3.63, 3.8) is 0 Å². The van der Waals surface area contributed by atoms with E-state index >= 15 is 0 Å². The molecule has 5 heteroatoms. The summed E-state index contributed by atoms with van der Waals surface area (Å²) in [6, 6.07) is 0. The fraction of sp³-hybridized carbons (Fsp3) is 1.00. The molecule has 1 rings (SSSR count). The lowest BCUT2D eigenvalue weighted by atomic mass is 9.85. The van der Waals surface area contributed by atoms with E-state index in [0.29, 0.717) is 19.1 Å². The Morgan fingerprint density at radius 2 is 1.84 bits per heavy atom. The van der Waals surface area contributed by atoms with Crippen LogP contribution in [0.3, 0.4) is 0 Å². The van der Waals surface area contributed by atoms with E-state index in [0.717, 1.165) is 12.8 Å². The normalized spacial score (nSPS) is 27.2. The maximum atomic E-state index is 9.79. The summed E-state index contributed by atoms with van der Waals surface area (Å²) >= 11 is 0. The minimum Gasteiger partial charge on any atom is -0.394 e. The van der Waals surface area contributed by atoms with Crippen molar-refractivity contribution in [3.8, 4) is 0 Å². The summed E-state index contributed by atoms with van der Waals surface area (Å²) in [4.78, 5) is 0. The molecule has 1 aliphatic carbocycles. The number of nitrogens with one attached hydrogen (secondary N) is 1. The van der Waals surface area contributed by atoms with Crippen LogP contribution in [0, 0.1) is 5.92 Å². The number of hydrogen-bond donors (Lipinski definition) is 4. The zero-order valence-corrected chi connectivity index (χ0v) is 11.9. The molecule has 19 heavy (non-hydrogen) atoms. The Morgan fingerprint density at radius 1 is 1.16 bits per heavy atom. The van der Waals surface area contributed by atoms with Crippen molar-refractivity contribution < 1.29 is 20.1 Å². The smallest absolute Gasteiger partial charge is 0.0897 e. The lowest BCUT2D eigenvalue weighted by Crippen LogP contribution is -2.38. The largest absolute Gasteiger partial charge is 0.394 e. The Morgan fingerprint density at radius 3 is 2.53 bits per heavy atom. The van der Waals surface area contributed by atoms with Crippen LogP contribution in [-0.2, 0) is 4.74 Å². The molecular weight excluding hydrogens is 246 g/mol. The van der Waals surface area contributed by atoms with Crippen LogP contribution in [0.5, 0.6) is 0 Å². The molecule has 114 valence electrons. The van der Waals surface area contributed by atoms with Crippen LogP contribution in [0.1, 0.15) is 39.0 Å². The van der Waals surface area contributed by atoms with Crippen molar-refractivity contribution in [1.82, 2.24) is 5.32 Å². The highest BCUT2D eigenvalue weighted by atomic mass is 16.5. The zero-order valence-electron chi connectivity index (χ0n) is 11.9. The summed E-state index contributed by atoms with van der Waals surface area (Å²) in [5.74, 6) is 0.630. The third-order valence-electron chi connectivity index (χ3n) is 3.84. The highest BCUT2D eigenvalue weighted by molar-refractivity contribution is 4.75. The van der Waals surface area contributed by atoms with E-state index in [9.17, 15) is 5.11 Å². The third-order valence-corrected chi connectivity index (χ3v) is 3.84. The van der Waals surface area contributed by atoms with Crippen molar-refractivity contribution in [3.05, 3.63) is 0 Å². The summed E-state index contributed by atoms with van der Waals surface area (Å²) in [5, 5.41) is 30.5. The molecule has 4 unspecified atom stereocenters. The number of aliphatic hydroxyl groups is 3. The van der Waals surface area contributed by atoms with E-state index in [1.165, 1.54) is 19.3 Å².